The maximum absolute atomic E-state index is 12.0. The van der Waals surface area contributed by atoms with Gasteiger partial charge >= 0.3 is 0 Å². The maximum atomic E-state index is 12.0. The Hall–Kier alpha value is -2.13. The molecule has 0 unspecified atom stereocenters. The predicted octanol–water partition coefficient (Wildman–Crippen LogP) is 2.68. The van der Waals surface area contributed by atoms with Gasteiger partial charge in [0.25, 0.3) is 0 Å². The molecule has 3 nitrogen and oxygen atoms in total. The molecule has 2 aromatic carbocycles. The van der Waals surface area contributed by atoms with Crippen molar-refractivity contribution in [2.24, 2.45) is 0 Å². The molecule has 0 aliphatic carbocycles. The highest BCUT2D eigenvalue weighted by Gasteiger charge is 2.10. The first-order chi connectivity index (χ1) is 9.02. The van der Waals surface area contributed by atoms with Gasteiger partial charge in [-0.2, -0.15) is 0 Å². The van der Waals surface area contributed by atoms with Gasteiger partial charge in [-0.15, -0.1) is 0 Å². The van der Waals surface area contributed by atoms with Crippen LogP contribution in [-0.2, 0) is 0 Å². The van der Waals surface area contributed by atoms with Crippen molar-refractivity contribution in [2.75, 3.05) is 26.9 Å². The summed E-state index contributed by atoms with van der Waals surface area (Å²) < 4.78 is 0. The molecule has 0 bridgehead atoms. The molecule has 0 amide bonds. The third-order valence-corrected chi connectivity index (χ3v) is 2.24. The largest absolute Gasteiger partial charge is 0.398 e. The molecule has 2 N–H and O–H groups in total. The third kappa shape index (κ3) is 4.94. The summed E-state index contributed by atoms with van der Waals surface area (Å²) in [6.45, 7) is 0. The number of nitrogens with zero attached hydrogens (tertiary/aromatic N) is 1. The first kappa shape index (κ1) is 14.9. The lowest BCUT2D eigenvalue weighted by atomic mass is 10.0. The molecule has 0 aromatic heterocycles. The van der Waals surface area contributed by atoms with Crippen LogP contribution in [0.1, 0.15) is 15.9 Å². The van der Waals surface area contributed by atoms with Crippen LogP contribution in [0.5, 0.6) is 0 Å². The number of hydrogen-bond acceptors (Lipinski definition) is 3. The van der Waals surface area contributed by atoms with Crippen LogP contribution >= 0.6 is 0 Å². The minimum atomic E-state index is -0.0336. The average molecular weight is 256 g/mol. The Labute approximate surface area is 114 Å². The molecule has 19 heavy (non-hydrogen) atoms. The van der Waals surface area contributed by atoms with E-state index in [0.717, 1.165) is 0 Å². The van der Waals surface area contributed by atoms with Crippen molar-refractivity contribution in [3.8, 4) is 0 Å². The second-order valence-corrected chi connectivity index (χ2v) is 4.62. The Bertz CT molecular complexity index is 519. The van der Waals surface area contributed by atoms with Crippen molar-refractivity contribution in [1.29, 1.82) is 0 Å². The number of nitrogens with two attached hydrogens (primary N) is 1. The summed E-state index contributed by atoms with van der Waals surface area (Å²) >= 11 is 0. The standard InChI is InChI=1S/C13H11NO.C3H9N/c14-12-9-5-4-8-11(12)13(15)10-6-2-1-3-7-10;1-4(2)3/h1-9H,14H2;1-3H3. The summed E-state index contributed by atoms with van der Waals surface area (Å²) in [6, 6.07) is 16.2. The molecule has 3 heteroatoms. The molecular weight excluding hydrogens is 236 g/mol. The highest BCUT2D eigenvalue weighted by atomic mass is 16.1. The second-order valence-electron chi connectivity index (χ2n) is 4.62. The van der Waals surface area contributed by atoms with Gasteiger partial charge in [-0.25, -0.2) is 0 Å². The van der Waals surface area contributed by atoms with E-state index in [2.05, 4.69) is 0 Å². The molecule has 0 heterocycles. The molecule has 0 aliphatic heterocycles. The Morgan fingerprint density at radius 2 is 1.37 bits per heavy atom. The van der Waals surface area contributed by atoms with Crippen LogP contribution < -0.4 is 5.73 Å². The number of hydrogen-bond donors (Lipinski definition) is 1. The highest BCUT2D eigenvalue weighted by Crippen LogP contribution is 2.15. The van der Waals surface area contributed by atoms with Crippen molar-refractivity contribution in [3.63, 3.8) is 0 Å². The Morgan fingerprint density at radius 1 is 0.895 bits per heavy atom. The van der Waals surface area contributed by atoms with Gasteiger partial charge in [-0.05, 0) is 33.3 Å². The fraction of sp³-hybridized carbons (Fsp3) is 0.188. The molecule has 0 saturated carbocycles. The van der Waals surface area contributed by atoms with Gasteiger partial charge in [0.2, 0.25) is 0 Å². The topological polar surface area (TPSA) is 46.3 Å². The van der Waals surface area contributed by atoms with E-state index in [-0.39, 0.29) is 5.78 Å². The molecule has 2 aromatic rings. The smallest absolute Gasteiger partial charge is 0.195 e. The fourth-order valence-corrected chi connectivity index (χ4v) is 1.45. The molecule has 100 valence electrons. The van der Waals surface area contributed by atoms with Gasteiger partial charge in [-0.3, -0.25) is 4.79 Å². The maximum Gasteiger partial charge on any atom is 0.195 e. The average Bonchev–Trinajstić information content (AvgIpc) is 2.39. The number of para-hydroxylation sites is 1. The van der Waals surface area contributed by atoms with E-state index in [9.17, 15) is 4.79 Å². The number of carbonyl (C=O) groups excluding carboxylic acids is 1. The lowest BCUT2D eigenvalue weighted by molar-refractivity contribution is 0.103. The van der Waals surface area contributed by atoms with Gasteiger partial charge < -0.3 is 10.6 Å². The minimum Gasteiger partial charge on any atom is -0.398 e. The van der Waals surface area contributed by atoms with E-state index in [4.69, 9.17) is 5.73 Å². The number of nitrogen functional groups attached to an aromatic ring is 1. The number of benzene rings is 2. The summed E-state index contributed by atoms with van der Waals surface area (Å²) in [5, 5.41) is 0. The monoisotopic (exact) mass is 256 g/mol. The predicted molar refractivity (Wildman–Crippen MR) is 80.3 cm³/mol. The number of ketones is 1. The van der Waals surface area contributed by atoms with E-state index < -0.39 is 0 Å². The number of rotatable bonds is 2. The summed E-state index contributed by atoms with van der Waals surface area (Å²) in [7, 11) is 6.00. The lowest BCUT2D eigenvalue weighted by Gasteiger charge is -2.03. The minimum absolute atomic E-state index is 0.0336. The Kier molecular flexibility index (Phi) is 5.76. The highest BCUT2D eigenvalue weighted by molar-refractivity contribution is 6.11. The quantitative estimate of drug-likeness (QED) is 0.664. The van der Waals surface area contributed by atoms with Gasteiger partial charge in [0.1, 0.15) is 0 Å². The molecule has 0 fully saturated rings. The summed E-state index contributed by atoms with van der Waals surface area (Å²) in [4.78, 5) is 14.0. The molecule has 0 spiro atoms. The van der Waals surface area contributed by atoms with Gasteiger partial charge in [0.15, 0.2) is 5.78 Å². The van der Waals surface area contributed by atoms with Crippen LogP contribution in [0.3, 0.4) is 0 Å². The van der Waals surface area contributed by atoms with E-state index in [1.165, 1.54) is 0 Å². The normalized spacial score (nSPS) is 9.68. The van der Waals surface area contributed by atoms with E-state index in [0.29, 0.717) is 16.8 Å². The first-order valence-corrected chi connectivity index (χ1v) is 6.07. The Morgan fingerprint density at radius 3 is 1.89 bits per heavy atom. The van der Waals surface area contributed by atoms with E-state index in [1.807, 2.05) is 56.4 Å². The third-order valence-electron chi connectivity index (χ3n) is 2.24. The van der Waals surface area contributed by atoms with Crippen LogP contribution in [0.4, 0.5) is 5.69 Å². The molecular formula is C16H20N2O. The van der Waals surface area contributed by atoms with E-state index >= 15 is 0 Å². The SMILES string of the molecule is CN(C)C.Nc1ccccc1C(=O)c1ccccc1. The molecule has 0 aliphatic rings. The van der Waals surface area contributed by atoms with Crippen LogP contribution in [0, 0.1) is 0 Å². The molecule has 2 rings (SSSR count). The van der Waals surface area contributed by atoms with Crippen molar-refractivity contribution in [1.82, 2.24) is 4.90 Å². The number of carbonyl (C=O) groups is 1. The van der Waals surface area contributed by atoms with Gasteiger partial charge in [-0.1, -0.05) is 42.5 Å². The van der Waals surface area contributed by atoms with Gasteiger partial charge in [0.05, 0.1) is 0 Å². The zero-order valence-electron chi connectivity index (χ0n) is 11.6. The van der Waals surface area contributed by atoms with Crippen molar-refractivity contribution in [2.45, 2.75) is 0 Å². The fourth-order valence-electron chi connectivity index (χ4n) is 1.45. The van der Waals surface area contributed by atoms with Crippen molar-refractivity contribution < 1.29 is 4.79 Å². The van der Waals surface area contributed by atoms with Crippen molar-refractivity contribution in [3.05, 3.63) is 65.7 Å². The van der Waals surface area contributed by atoms with Crippen LogP contribution in [0.25, 0.3) is 0 Å². The Balaban J connectivity index is 0.000000399. The zero-order chi connectivity index (χ0) is 14.3. The summed E-state index contributed by atoms with van der Waals surface area (Å²) in [5.74, 6) is -0.0336. The van der Waals surface area contributed by atoms with Crippen LogP contribution in [0.15, 0.2) is 54.6 Å². The first-order valence-electron chi connectivity index (χ1n) is 6.07. The van der Waals surface area contributed by atoms with Crippen LogP contribution in [-0.4, -0.2) is 31.8 Å². The summed E-state index contributed by atoms with van der Waals surface area (Å²) in [6.07, 6.45) is 0. The zero-order valence-corrected chi connectivity index (χ0v) is 11.6. The lowest BCUT2D eigenvalue weighted by Crippen LogP contribution is -2.04. The van der Waals surface area contributed by atoms with Crippen molar-refractivity contribution >= 4 is 11.5 Å². The number of anilines is 1. The molecule has 0 atom stereocenters. The van der Waals surface area contributed by atoms with E-state index in [1.54, 1.807) is 24.3 Å². The van der Waals surface area contributed by atoms with Gasteiger partial charge in [0, 0.05) is 16.8 Å². The van der Waals surface area contributed by atoms with Crippen LogP contribution in [0.2, 0.25) is 0 Å². The summed E-state index contributed by atoms with van der Waals surface area (Å²) in [5.41, 5.74) is 7.48. The molecule has 0 saturated heterocycles. The molecule has 0 radical (unpaired) electrons. The second kappa shape index (κ2) is 7.34.